The number of hydrogen-bond donors (Lipinski definition) is 3. The van der Waals surface area contributed by atoms with Gasteiger partial charge >= 0.3 is 0 Å². The topological polar surface area (TPSA) is 44.3 Å². The zero-order chi connectivity index (χ0) is 16.4. The smallest absolute Gasteiger partial charge is 0.124 e. The van der Waals surface area contributed by atoms with Crippen molar-refractivity contribution in [2.45, 2.75) is 83.9 Å². The second-order valence-electron chi connectivity index (χ2n) is 9.17. The van der Waals surface area contributed by atoms with E-state index in [9.17, 15) is 5.11 Å². The molecule has 0 aliphatic rings. The van der Waals surface area contributed by atoms with E-state index < -0.39 is 16.5 Å². The number of aliphatic hydroxyl groups is 1. The summed E-state index contributed by atoms with van der Waals surface area (Å²) in [5.41, 5.74) is 0. The van der Waals surface area contributed by atoms with Crippen LogP contribution in [0.2, 0.25) is 36.3 Å². The minimum atomic E-state index is -1.51. The minimum absolute atomic E-state index is 0.305. The predicted molar refractivity (Wildman–Crippen MR) is 96.4 cm³/mol. The third-order valence-electron chi connectivity index (χ3n) is 5.31. The van der Waals surface area contributed by atoms with Crippen LogP contribution in [0.3, 0.4) is 0 Å². The van der Waals surface area contributed by atoms with E-state index in [1.54, 1.807) is 0 Å². The maximum Gasteiger partial charge on any atom is 0.124 e. The number of hydrogen-bond acceptors (Lipinski definition) is 3. The largest absolute Gasteiger partial charge is 0.391 e. The Morgan fingerprint density at radius 1 is 0.750 bits per heavy atom. The minimum Gasteiger partial charge on any atom is -0.391 e. The quantitative estimate of drug-likeness (QED) is 0.656. The molecule has 0 bridgehead atoms. The zero-order valence-electron chi connectivity index (χ0n) is 15.4. The van der Waals surface area contributed by atoms with Crippen LogP contribution in [-0.4, -0.2) is 40.8 Å². The van der Waals surface area contributed by atoms with Gasteiger partial charge in [-0.15, -0.1) is 0 Å². The summed E-state index contributed by atoms with van der Waals surface area (Å²) in [5.74, 6) is 0. The van der Waals surface area contributed by atoms with E-state index in [2.05, 4.69) is 77.7 Å². The number of aliphatic hydroxyl groups excluding tert-OH is 1. The Balaban J connectivity index is 4.31. The van der Waals surface area contributed by atoms with Gasteiger partial charge in [-0.2, -0.15) is 0 Å². The van der Waals surface area contributed by atoms with Gasteiger partial charge in [0.05, 0.1) is 6.10 Å². The van der Waals surface area contributed by atoms with Crippen molar-refractivity contribution in [1.29, 1.82) is 0 Å². The average molecular weight is 319 g/mol. The van der Waals surface area contributed by atoms with E-state index in [4.69, 9.17) is 0 Å². The average Bonchev–Trinajstić information content (AvgIpc) is 2.20. The summed E-state index contributed by atoms with van der Waals surface area (Å²) in [6, 6.07) is 0. The molecule has 20 heavy (non-hydrogen) atoms. The Morgan fingerprint density at radius 3 is 1.20 bits per heavy atom. The first-order valence-electron chi connectivity index (χ1n) is 7.78. The lowest BCUT2D eigenvalue weighted by Gasteiger charge is -2.40. The maximum atomic E-state index is 10.2. The molecule has 0 aliphatic heterocycles. The number of rotatable bonds is 6. The predicted octanol–water partition coefficient (Wildman–Crippen LogP) is 3.54. The molecule has 0 saturated heterocycles. The fourth-order valence-corrected chi connectivity index (χ4v) is 3.90. The lowest BCUT2D eigenvalue weighted by atomic mass is 10.2. The summed E-state index contributed by atoms with van der Waals surface area (Å²) < 4.78 is 0. The van der Waals surface area contributed by atoms with Gasteiger partial charge in [0.1, 0.15) is 16.5 Å². The Labute approximate surface area is 129 Å². The first-order chi connectivity index (χ1) is 8.60. The van der Waals surface area contributed by atoms with Crippen molar-refractivity contribution < 1.29 is 5.11 Å². The molecule has 0 radical (unpaired) electrons. The molecule has 3 nitrogen and oxygen atoms in total. The van der Waals surface area contributed by atoms with Crippen molar-refractivity contribution in [3.8, 4) is 0 Å². The van der Waals surface area contributed by atoms with Gasteiger partial charge in [-0.05, 0) is 10.1 Å². The second kappa shape index (κ2) is 6.61. The highest BCUT2D eigenvalue weighted by atomic mass is 28.3. The summed E-state index contributed by atoms with van der Waals surface area (Å²) in [7, 11) is -3.01. The van der Waals surface area contributed by atoms with Gasteiger partial charge in [0, 0.05) is 13.1 Å². The molecular weight excluding hydrogens is 280 g/mol. The van der Waals surface area contributed by atoms with Crippen LogP contribution in [0.4, 0.5) is 0 Å². The van der Waals surface area contributed by atoms with Gasteiger partial charge in [-0.25, -0.2) is 0 Å². The van der Waals surface area contributed by atoms with Crippen LogP contribution in [0, 0.1) is 0 Å². The second-order valence-corrected chi connectivity index (χ2v) is 19.4. The Hall–Kier alpha value is 0.314. The van der Waals surface area contributed by atoms with Crippen molar-refractivity contribution in [3.05, 3.63) is 0 Å². The van der Waals surface area contributed by atoms with Gasteiger partial charge in [-0.1, -0.05) is 67.7 Å². The molecule has 0 amide bonds. The molecule has 0 atom stereocenters. The van der Waals surface area contributed by atoms with E-state index in [0.717, 1.165) is 0 Å². The first kappa shape index (κ1) is 20.3. The molecule has 0 aromatic rings. The Kier molecular flexibility index (Phi) is 6.71. The van der Waals surface area contributed by atoms with E-state index >= 15 is 0 Å². The standard InChI is InChI=1S/C15H38N2OSi2/c1-14(2,3)19(7,8)16-11-13(18)12-17-20(9,10)15(4,5)6/h13,16-18H,11-12H2,1-10H3. The fourth-order valence-electron chi connectivity index (χ4n) is 1.35. The van der Waals surface area contributed by atoms with E-state index in [1.165, 1.54) is 0 Å². The summed E-state index contributed by atoms with van der Waals surface area (Å²) in [4.78, 5) is 7.28. The van der Waals surface area contributed by atoms with Crippen LogP contribution in [0.1, 0.15) is 41.5 Å². The molecule has 0 aliphatic carbocycles. The van der Waals surface area contributed by atoms with Crippen molar-refractivity contribution in [3.63, 3.8) is 0 Å². The Morgan fingerprint density at radius 2 is 1.00 bits per heavy atom. The van der Waals surface area contributed by atoms with Gasteiger partial charge in [0.2, 0.25) is 0 Å². The highest BCUT2D eigenvalue weighted by molar-refractivity contribution is 6.78. The monoisotopic (exact) mass is 318 g/mol. The normalized spacial score (nSPS) is 15.0. The summed E-state index contributed by atoms with van der Waals surface area (Å²) in [6.45, 7) is 24.4. The molecule has 0 saturated carbocycles. The molecule has 0 spiro atoms. The van der Waals surface area contributed by atoms with Crippen LogP contribution in [0.5, 0.6) is 0 Å². The van der Waals surface area contributed by atoms with Gasteiger partial charge in [0.25, 0.3) is 0 Å². The molecule has 0 unspecified atom stereocenters. The van der Waals surface area contributed by atoms with Crippen molar-refractivity contribution >= 4 is 16.5 Å². The van der Waals surface area contributed by atoms with Crippen molar-refractivity contribution in [2.75, 3.05) is 13.1 Å². The molecule has 0 heterocycles. The van der Waals surface area contributed by atoms with E-state index in [1.807, 2.05) is 0 Å². The molecule has 0 aromatic heterocycles. The summed E-state index contributed by atoms with van der Waals surface area (Å²) >= 11 is 0. The van der Waals surface area contributed by atoms with Gasteiger partial charge in [0.15, 0.2) is 0 Å². The lowest BCUT2D eigenvalue weighted by Crippen LogP contribution is -2.58. The first-order valence-corrected chi connectivity index (χ1v) is 13.8. The van der Waals surface area contributed by atoms with E-state index in [0.29, 0.717) is 23.2 Å². The van der Waals surface area contributed by atoms with Crippen LogP contribution < -0.4 is 9.96 Å². The van der Waals surface area contributed by atoms with Crippen LogP contribution in [0.15, 0.2) is 0 Å². The molecule has 5 heteroatoms. The summed E-state index contributed by atoms with van der Waals surface area (Å²) in [6.07, 6.45) is -0.307. The third kappa shape index (κ3) is 5.97. The van der Waals surface area contributed by atoms with Crippen LogP contribution in [-0.2, 0) is 0 Å². The number of nitrogens with one attached hydrogen (secondary N) is 2. The zero-order valence-corrected chi connectivity index (χ0v) is 17.4. The van der Waals surface area contributed by atoms with Crippen molar-refractivity contribution in [2.24, 2.45) is 0 Å². The molecule has 122 valence electrons. The van der Waals surface area contributed by atoms with Crippen LogP contribution >= 0.6 is 0 Å². The van der Waals surface area contributed by atoms with Gasteiger partial charge in [-0.3, -0.25) is 0 Å². The third-order valence-corrected chi connectivity index (χ3v) is 15.0. The highest BCUT2D eigenvalue weighted by Crippen LogP contribution is 2.34. The lowest BCUT2D eigenvalue weighted by molar-refractivity contribution is 0.180. The summed E-state index contributed by atoms with van der Waals surface area (Å²) in [5, 5.41) is 10.8. The molecule has 0 fully saturated rings. The maximum absolute atomic E-state index is 10.2. The SMILES string of the molecule is CC(C)(C)[Si](C)(C)NCC(O)CN[Si](C)(C)C(C)(C)C. The van der Waals surface area contributed by atoms with E-state index in [-0.39, 0.29) is 6.10 Å². The fraction of sp³-hybridized carbons (Fsp3) is 1.00. The van der Waals surface area contributed by atoms with Crippen molar-refractivity contribution in [1.82, 2.24) is 9.96 Å². The van der Waals surface area contributed by atoms with Crippen LogP contribution in [0.25, 0.3) is 0 Å². The highest BCUT2D eigenvalue weighted by Gasteiger charge is 2.37. The molecule has 0 rings (SSSR count). The molecular formula is C15H38N2OSi2. The van der Waals surface area contributed by atoms with Gasteiger partial charge < -0.3 is 15.1 Å². The molecule has 0 aromatic carbocycles. The Bertz CT molecular complexity index is 274. The molecule has 3 N–H and O–H groups in total.